The van der Waals surface area contributed by atoms with Gasteiger partial charge in [0, 0.05) is 26.6 Å². The van der Waals surface area contributed by atoms with Gasteiger partial charge in [0.15, 0.2) is 0 Å². The monoisotopic (exact) mass is 353 g/mol. The number of ether oxygens (including phenoxy) is 1. The van der Waals surface area contributed by atoms with Crippen LogP contribution in [0, 0.1) is 0 Å². The predicted octanol–water partition coefficient (Wildman–Crippen LogP) is 2.32. The Morgan fingerprint density at radius 1 is 1.04 bits per heavy atom. The Morgan fingerprint density at radius 2 is 1.73 bits per heavy atom. The normalized spacial score (nSPS) is 10.8. The van der Waals surface area contributed by atoms with Gasteiger partial charge < -0.3 is 10.1 Å². The Balaban J connectivity index is 1.43. The van der Waals surface area contributed by atoms with Gasteiger partial charge in [-0.15, -0.1) is 0 Å². The Kier molecular flexibility index (Phi) is 5.73. The molecule has 0 saturated carbocycles. The van der Waals surface area contributed by atoms with Gasteiger partial charge in [-0.25, -0.2) is 4.79 Å². The topological polar surface area (TPSA) is 65.3 Å². The summed E-state index contributed by atoms with van der Waals surface area (Å²) in [5.41, 5.74) is 1.62. The lowest BCUT2D eigenvalue weighted by Crippen LogP contribution is -2.29. The van der Waals surface area contributed by atoms with Crippen LogP contribution in [0.2, 0.25) is 0 Å². The number of fused-ring (bicyclic) bond motifs is 1. The van der Waals surface area contributed by atoms with E-state index in [1.807, 2.05) is 54.6 Å². The third-order valence-corrected chi connectivity index (χ3v) is 4.27. The Morgan fingerprint density at radius 3 is 2.50 bits per heavy atom. The van der Waals surface area contributed by atoms with E-state index in [0.717, 1.165) is 23.2 Å². The van der Waals surface area contributed by atoms with Crippen LogP contribution in [-0.2, 0) is 18.4 Å². The molecule has 1 heterocycles. The molecule has 0 saturated heterocycles. The maximum atomic E-state index is 12.3. The molecule has 0 bridgehead atoms. The Labute approximate surface area is 152 Å². The summed E-state index contributed by atoms with van der Waals surface area (Å²) in [5.74, 6) is 0.763. The molecule has 0 spiro atoms. The summed E-state index contributed by atoms with van der Waals surface area (Å²) in [6, 6.07) is 17.2. The van der Waals surface area contributed by atoms with Gasteiger partial charge in [-0.2, -0.15) is 0 Å². The molecule has 0 aliphatic carbocycles. The number of para-hydroxylation sites is 3. The lowest BCUT2D eigenvalue weighted by molar-refractivity contribution is -0.121. The quantitative estimate of drug-likeness (QED) is 0.632. The second-order valence-corrected chi connectivity index (χ2v) is 6.10. The van der Waals surface area contributed by atoms with Gasteiger partial charge in [-0.3, -0.25) is 13.9 Å². The summed E-state index contributed by atoms with van der Waals surface area (Å²) in [5, 5.41) is 2.87. The first-order valence-electron chi connectivity index (χ1n) is 8.75. The van der Waals surface area contributed by atoms with Gasteiger partial charge in [0.2, 0.25) is 5.91 Å². The van der Waals surface area contributed by atoms with E-state index in [1.165, 1.54) is 0 Å². The van der Waals surface area contributed by atoms with Crippen LogP contribution in [0.1, 0.15) is 12.8 Å². The minimum atomic E-state index is -0.102. The van der Waals surface area contributed by atoms with Gasteiger partial charge in [-0.1, -0.05) is 30.3 Å². The van der Waals surface area contributed by atoms with Crippen molar-refractivity contribution in [3.63, 3.8) is 0 Å². The standard InChI is InChI=1S/C20H23N3O3/c1-22-17-10-5-6-11-18(17)23(20(22)25)14-12-19(24)21-13-7-15-26-16-8-3-2-4-9-16/h2-6,8-11H,7,12-15H2,1H3,(H,21,24). The van der Waals surface area contributed by atoms with Crippen molar-refractivity contribution in [2.45, 2.75) is 19.4 Å². The largest absolute Gasteiger partial charge is 0.494 e. The highest BCUT2D eigenvalue weighted by molar-refractivity contribution is 5.77. The van der Waals surface area contributed by atoms with Crippen molar-refractivity contribution in [3.8, 4) is 5.75 Å². The molecular weight excluding hydrogens is 330 g/mol. The molecule has 3 aromatic rings. The van der Waals surface area contributed by atoms with Gasteiger partial charge >= 0.3 is 5.69 Å². The van der Waals surface area contributed by atoms with E-state index in [1.54, 1.807) is 16.2 Å². The molecule has 3 rings (SSSR count). The fraction of sp³-hybridized carbons (Fsp3) is 0.300. The number of amides is 1. The van der Waals surface area contributed by atoms with Crippen LogP contribution in [0.3, 0.4) is 0 Å². The second-order valence-electron chi connectivity index (χ2n) is 6.10. The van der Waals surface area contributed by atoms with Crippen molar-refractivity contribution >= 4 is 16.9 Å². The van der Waals surface area contributed by atoms with E-state index >= 15 is 0 Å². The van der Waals surface area contributed by atoms with E-state index in [2.05, 4.69) is 5.32 Å². The molecule has 6 nitrogen and oxygen atoms in total. The number of nitrogens with zero attached hydrogens (tertiary/aromatic N) is 2. The molecule has 0 fully saturated rings. The molecule has 2 aromatic carbocycles. The SMILES string of the molecule is Cn1c(=O)n(CCC(=O)NCCCOc2ccccc2)c2ccccc21. The second kappa shape index (κ2) is 8.38. The molecule has 136 valence electrons. The lowest BCUT2D eigenvalue weighted by atomic mass is 10.3. The number of nitrogens with one attached hydrogen (secondary N) is 1. The number of hydrogen-bond acceptors (Lipinski definition) is 3. The fourth-order valence-corrected chi connectivity index (χ4v) is 2.89. The third kappa shape index (κ3) is 4.14. The summed E-state index contributed by atoms with van der Waals surface area (Å²) in [4.78, 5) is 24.3. The fourth-order valence-electron chi connectivity index (χ4n) is 2.89. The first kappa shape index (κ1) is 17.8. The molecule has 6 heteroatoms. The van der Waals surface area contributed by atoms with E-state index in [9.17, 15) is 9.59 Å². The zero-order valence-corrected chi connectivity index (χ0v) is 14.9. The lowest BCUT2D eigenvalue weighted by Gasteiger charge is -2.08. The number of rotatable bonds is 8. The van der Waals surface area contributed by atoms with Crippen molar-refractivity contribution in [3.05, 3.63) is 65.1 Å². The smallest absolute Gasteiger partial charge is 0.328 e. The molecule has 26 heavy (non-hydrogen) atoms. The summed E-state index contributed by atoms with van der Waals surface area (Å²) < 4.78 is 8.84. The van der Waals surface area contributed by atoms with E-state index in [0.29, 0.717) is 19.7 Å². The van der Waals surface area contributed by atoms with Crippen molar-refractivity contribution in [1.82, 2.24) is 14.5 Å². The van der Waals surface area contributed by atoms with Crippen molar-refractivity contribution in [1.29, 1.82) is 0 Å². The highest BCUT2D eigenvalue weighted by atomic mass is 16.5. The zero-order valence-electron chi connectivity index (χ0n) is 14.9. The number of carbonyl (C=O) groups excluding carboxylic acids is 1. The minimum absolute atomic E-state index is 0.0652. The van der Waals surface area contributed by atoms with Crippen molar-refractivity contribution in [2.24, 2.45) is 7.05 Å². The van der Waals surface area contributed by atoms with Crippen LogP contribution in [0.25, 0.3) is 11.0 Å². The van der Waals surface area contributed by atoms with Crippen LogP contribution in [-0.4, -0.2) is 28.2 Å². The van der Waals surface area contributed by atoms with E-state index < -0.39 is 0 Å². The average molecular weight is 353 g/mol. The zero-order chi connectivity index (χ0) is 18.4. The highest BCUT2D eigenvalue weighted by Crippen LogP contribution is 2.11. The molecule has 0 atom stereocenters. The molecule has 0 radical (unpaired) electrons. The van der Waals surface area contributed by atoms with E-state index in [-0.39, 0.29) is 18.0 Å². The first-order chi connectivity index (χ1) is 12.7. The van der Waals surface area contributed by atoms with Gasteiger partial charge in [0.05, 0.1) is 17.6 Å². The van der Waals surface area contributed by atoms with Crippen LogP contribution in [0.15, 0.2) is 59.4 Å². The van der Waals surface area contributed by atoms with Crippen LogP contribution >= 0.6 is 0 Å². The van der Waals surface area contributed by atoms with Gasteiger partial charge in [-0.05, 0) is 30.7 Å². The highest BCUT2D eigenvalue weighted by Gasteiger charge is 2.11. The molecular formula is C20H23N3O3. The number of benzene rings is 2. The number of hydrogen-bond donors (Lipinski definition) is 1. The number of aryl methyl sites for hydroxylation is 2. The van der Waals surface area contributed by atoms with Crippen LogP contribution in [0.4, 0.5) is 0 Å². The number of imidazole rings is 1. The van der Waals surface area contributed by atoms with Crippen molar-refractivity contribution < 1.29 is 9.53 Å². The van der Waals surface area contributed by atoms with Crippen LogP contribution in [0.5, 0.6) is 5.75 Å². The predicted molar refractivity (Wildman–Crippen MR) is 101 cm³/mol. The maximum Gasteiger partial charge on any atom is 0.328 e. The first-order valence-corrected chi connectivity index (χ1v) is 8.75. The molecule has 0 aliphatic heterocycles. The van der Waals surface area contributed by atoms with Gasteiger partial charge in [0.1, 0.15) is 5.75 Å². The average Bonchev–Trinajstić information content (AvgIpc) is 2.91. The van der Waals surface area contributed by atoms with E-state index in [4.69, 9.17) is 4.74 Å². The maximum absolute atomic E-state index is 12.3. The summed E-state index contributed by atoms with van der Waals surface area (Å²) in [6.45, 7) is 1.47. The molecule has 1 N–H and O–H groups in total. The van der Waals surface area contributed by atoms with Crippen LogP contribution < -0.4 is 15.7 Å². The number of aromatic nitrogens is 2. The number of carbonyl (C=O) groups is 1. The Bertz CT molecular complexity index is 928. The summed E-state index contributed by atoms with van der Waals surface area (Å²) in [7, 11) is 1.74. The molecule has 1 amide bonds. The molecule has 1 aromatic heterocycles. The summed E-state index contributed by atoms with van der Waals surface area (Å²) in [6.07, 6.45) is 1.00. The summed E-state index contributed by atoms with van der Waals surface area (Å²) >= 11 is 0. The third-order valence-electron chi connectivity index (χ3n) is 4.27. The Hall–Kier alpha value is -3.02. The minimum Gasteiger partial charge on any atom is -0.494 e. The molecule has 0 unspecified atom stereocenters. The van der Waals surface area contributed by atoms with Crippen molar-refractivity contribution in [2.75, 3.05) is 13.2 Å². The van der Waals surface area contributed by atoms with Gasteiger partial charge in [0.25, 0.3) is 0 Å². The molecule has 0 aliphatic rings.